The van der Waals surface area contributed by atoms with Crippen molar-refractivity contribution in [1.29, 1.82) is 0 Å². The summed E-state index contributed by atoms with van der Waals surface area (Å²) >= 11 is 0. The lowest BCUT2D eigenvalue weighted by Gasteiger charge is -2.19. The number of carbonyl (C=O) groups excluding carboxylic acids is 3. The molecule has 0 saturated heterocycles. The molecule has 28 heavy (non-hydrogen) atoms. The Morgan fingerprint density at radius 2 is 1.71 bits per heavy atom. The van der Waals surface area contributed by atoms with Crippen molar-refractivity contribution in [3.63, 3.8) is 0 Å². The van der Waals surface area contributed by atoms with Crippen molar-refractivity contribution >= 4 is 23.8 Å². The highest BCUT2D eigenvalue weighted by molar-refractivity contribution is 5.87. The molecule has 0 aliphatic heterocycles. The van der Waals surface area contributed by atoms with Gasteiger partial charge in [0.1, 0.15) is 6.61 Å². The van der Waals surface area contributed by atoms with Crippen molar-refractivity contribution in [2.45, 2.75) is 40.3 Å². The van der Waals surface area contributed by atoms with Crippen LogP contribution in [0.4, 0.5) is 15.3 Å². The molecule has 0 aromatic heterocycles. The molecule has 2 amide bonds. The molecule has 1 rings (SSSR count). The quantitative estimate of drug-likeness (QED) is 0.287. The van der Waals surface area contributed by atoms with Gasteiger partial charge in [0, 0.05) is 11.3 Å². The van der Waals surface area contributed by atoms with Crippen LogP contribution in [0.3, 0.4) is 0 Å². The zero-order chi connectivity index (χ0) is 21.1. The van der Waals surface area contributed by atoms with E-state index in [4.69, 9.17) is 14.2 Å². The van der Waals surface area contributed by atoms with Gasteiger partial charge in [0.2, 0.25) is 6.23 Å². The van der Waals surface area contributed by atoms with Gasteiger partial charge in [-0.2, -0.15) is 0 Å². The molecule has 8 nitrogen and oxygen atoms in total. The van der Waals surface area contributed by atoms with Crippen LogP contribution in [0.1, 0.15) is 32.8 Å². The summed E-state index contributed by atoms with van der Waals surface area (Å²) in [6, 6.07) is 7.11. The molecular weight excluding hydrogens is 364 g/mol. The van der Waals surface area contributed by atoms with Crippen molar-refractivity contribution in [2.75, 3.05) is 18.5 Å². The van der Waals surface area contributed by atoms with E-state index in [0.717, 1.165) is 5.56 Å². The number of esters is 1. The first-order valence-corrected chi connectivity index (χ1v) is 8.97. The summed E-state index contributed by atoms with van der Waals surface area (Å²) in [4.78, 5) is 35.5. The fraction of sp³-hybridized carbons (Fsp3) is 0.450. The monoisotopic (exact) mass is 392 g/mol. The van der Waals surface area contributed by atoms with Crippen LogP contribution in [0.25, 0.3) is 0 Å². The molecule has 0 radical (unpaired) electrons. The van der Waals surface area contributed by atoms with Crippen LogP contribution in [-0.4, -0.2) is 37.6 Å². The number of alkyl carbamates (subject to hydrolysis) is 1. The minimum atomic E-state index is -1.21. The van der Waals surface area contributed by atoms with Crippen LogP contribution in [-0.2, 0) is 19.0 Å². The van der Waals surface area contributed by atoms with Crippen LogP contribution in [0.2, 0.25) is 0 Å². The summed E-state index contributed by atoms with van der Waals surface area (Å²) in [5, 5.41) is 4.89. The number of carbonyl (C=O) groups is 3. The van der Waals surface area contributed by atoms with Crippen molar-refractivity contribution in [2.24, 2.45) is 5.92 Å². The highest BCUT2D eigenvalue weighted by atomic mass is 16.6. The number of hydrogen-bond acceptors (Lipinski definition) is 6. The Bertz CT molecular complexity index is 684. The lowest BCUT2D eigenvalue weighted by Crippen LogP contribution is -2.43. The molecule has 1 unspecified atom stereocenters. The fourth-order valence-corrected chi connectivity index (χ4v) is 1.84. The van der Waals surface area contributed by atoms with Gasteiger partial charge in [0.25, 0.3) is 0 Å². The maximum Gasteiger partial charge on any atom is 0.411 e. The molecule has 0 heterocycles. The van der Waals surface area contributed by atoms with Gasteiger partial charge >= 0.3 is 18.2 Å². The molecule has 0 spiro atoms. The first kappa shape index (κ1) is 23.0. The Morgan fingerprint density at radius 1 is 1.07 bits per heavy atom. The minimum Gasteiger partial charge on any atom is -0.449 e. The molecule has 0 fully saturated rings. The zero-order valence-electron chi connectivity index (χ0n) is 16.7. The number of ether oxygens (including phenoxy) is 3. The molecule has 0 aliphatic rings. The summed E-state index contributed by atoms with van der Waals surface area (Å²) in [5.41, 5.74) is 1.74. The number of aryl methyl sites for hydroxylation is 1. The van der Waals surface area contributed by atoms with Crippen molar-refractivity contribution in [3.05, 3.63) is 42.0 Å². The van der Waals surface area contributed by atoms with Crippen LogP contribution < -0.4 is 10.6 Å². The molecule has 2 N–H and O–H groups in total. The molecule has 0 aliphatic carbocycles. The van der Waals surface area contributed by atoms with Gasteiger partial charge in [0.05, 0.1) is 6.61 Å². The van der Waals surface area contributed by atoms with Gasteiger partial charge in [0.15, 0.2) is 0 Å². The number of amides is 2. The van der Waals surface area contributed by atoms with Crippen LogP contribution in [0.5, 0.6) is 0 Å². The maximum absolute atomic E-state index is 11.9. The summed E-state index contributed by atoms with van der Waals surface area (Å²) < 4.78 is 15.1. The molecule has 0 saturated carbocycles. The maximum atomic E-state index is 11.9. The zero-order valence-corrected chi connectivity index (χ0v) is 16.7. The molecule has 1 aromatic carbocycles. The van der Waals surface area contributed by atoms with Crippen LogP contribution in [0.15, 0.2) is 36.4 Å². The molecule has 1 atom stereocenters. The predicted octanol–water partition coefficient (Wildman–Crippen LogP) is 3.76. The number of nitrogens with one attached hydrogen (secondary N) is 2. The third-order valence-electron chi connectivity index (χ3n) is 3.47. The van der Waals surface area contributed by atoms with E-state index in [2.05, 4.69) is 17.2 Å². The van der Waals surface area contributed by atoms with Gasteiger partial charge in [-0.1, -0.05) is 38.1 Å². The first-order chi connectivity index (χ1) is 13.2. The van der Waals surface area contributed by atoms with Crippen molar-refractivity contribution in [3.8, 4) is 0 Å². The Labute approximate surface area is 165 Å². The number of hydrogen-bond donors (Lipinski definition) is 2. The highest BCUT2D eigenvalue weighted by Gasteiger charge is 2.20. The molecule has 8 heteroatoms. The van der Waals surface area contributed by atoms with Crippen molar-refractivity contribution in [1.82, 2.24) is 5.32 Å². The summed E-state index contributed by atoms with van der Waals surface area (Å²) in [6.07, 6.45) is -2.04. The Morgan fingerprint density at radius 3 is 2.29 bits per heavy atom. The summed E-state index contributed by atoms with van der Waals surface area (Å²) in [5.74, 6) is -0.353. The standard InChI is InChI=1S/C20H28N2O6/c1-13(2)10-11-26-20(25)22-17(28-18(23)14(3)4)12-27-19(24)21-16-8-6-15(5)7-9-16/h6-9,13,17H,3,10-12H2,1-2,4-5H3,(H,21,24)(H,22,25). The van der Waals surface area contributed by atoms with E-state index < -0.39 is 31.0 Å². The summed E-state index contributed by atoms with van der Waals surface area (Å²) in [6.45, 7) is 10.7. The SMILES string of the molecule is C=C(C)C(=O)OC(COC(=O)Nc1ccc(C)cc1)NC(=O)OCCC(C)C. The number of anilines is 1. The fourth-order valence-electron chi connectivity index (χ4n) is 1.84. The van der Waals surface area contributed by atoms with E-state index in [-0.39, 0.29) is 12.2 Å². The average molecular weight is 392 g/mol. The third-order valence-corrected chi connectivity index (χ3v) is 3.47. The van der Waals surface area contributed by atoms with E-state index in [9.17, 15) is 14.4 Å². The second kappa shape index (κ2) is 11.6. The second-order valence-electron chi connectivity index (χ2n) is 6.73. The largest absolute Gasteiger partial charge is 0.449 e. The second-order valence-corrected chi connectivity index (χ2v) is 6.73. The van der Waals surface area contributed by atoms with E-state index in [0.29, 0.717) is 18.0 Å². The Kier molecular flexibility index (Phi) is 9.56. The van der Waals surface area contributed by atoms with Crippen LogP contribution >= 0.6 is 0 Å². The van der Waals surface area contributed by atoms with Gasteiger partial charge < -0.3 is 14.2 Å². The van der Waals surface area contributed by atoms with E-state index in [1.54, 1.807) is 12.1 Å². The third kappa shape index (κ3) is 9.61. The predicted molar refractivity (Wildman–Crippen MR) is 105 cm³/mol. The first-order valence-electron chi connectivity index (χ1n) is 8.97. The normalized spacial score (nSPS) is 11.3. The van der Waals surface area contributed by atoms with E-state index in [1.807, 2.05) is 32.9 Å². The van der Waals surface area contributed by atoms with E-state index >= 15 is 0 Å². The van der Waals surface area contributed by atoms with Crippen LogP contribution in [0, 0.1) is 12.8 Å². The van der Waals surface area contributed by atoms with Gasteiger partial charge in [-0.15, -0.1) is 0 Å². The molecule has 154 valence electrons. The molecule has 0 bridgehead atoms. The summed E-state index contributed by atoms with van der Waals surface area (Å²) in [7, 11) is 0. The Hall–Kier alpha value is -3.03. The number of benzene rings is 1. The topological polar surface area (TPSA) is 103 Å². The molecular formula is C20H28N2O6. The highest BCUT2D eigenvalue weighted by Crippen LogP contribution is 2.09. The smallest absolute Gasteiger partial charge is 0.411 e. The molecule has 1 aromatic rings. The Balaban J connectivity index is 2.56. The number of rotatable bonds is 9. The van der Waals surface area contributed by atoms with Gasteiger partial charge in [-0.25, -0.2) is 14.4 Å². The lowest BCUT2D eigenvalue weighted by molar-refractivity contribution is -0.147. The van der Waals surface area contributed by atoms with Crippen molar-refractivity contribution < 1.29 is 28.6 Å². The van der Waals surface area contributed by atoms with Gasteiger partial charge in [-0.3, -0.25) is 10.6 Å². The van der Waals surface area contributed by atoms with Gasteiger partial charge in [-0.05, 0) is 38.3 Å². The average Bonchev–Trinajstić information content (AvgIpc) is 2.61. The minimum absolute atomic E-state index is 0.143. The van der Waals surface area contributed by atoms with E-state index in [1.165, 1.54) is 6.92 Å². The lowest BCUT2D eigenvalue weighted by atomic mass is 10.1.